The maximum absolute atomic E-state index is 8.74. The molecule has 0 amide bonds. The molecule has 0 aliphatic rings. The summed E-state index contributed by atoms with van der Waals surface area (Å²) in [7, 11) is 0. The van der Waals surface area contributed by atoms with Crippen LogP contribution in [0.15, 0.2) is 18.5 Å². The first-order chi connectivity index (χ1) is 6.74. The van der Waals surface area contributed by atoms with E-state index >= 15 is 0 Å². The van der Waals surface area contributed by atoms with Gasteiger partial charge in [0.2, 0.25) is 0 Å². The highest BCUT2D eigenvalue weighted by Gasteiger charge is 2.04. The maximum atomic E-state index is 8.74. The van der Waals surface area contributed by atoms with E-state index in [0.29, 0.717) is 5.25 Å². The van der Waals surface area contributed by atoms with Crippen molar-refractivity contribution < 1.29 is 5.11 Å². The summed E-state index contributed by atoms with van der Waals surface area (Å²) in [4.78, 5) is 3.93. The minimum Gasteiger partial charge on any atom is -0.396 e. The molecule has 1 atom stereocenters. The highest BCUT2D eigenvalue weighted by Crippen LogP contribution is 2.23. The van der Waals surface area contributed by atoms with Gasteiger partial charge in [0.25, 0.3) is 0 Å². The molecular weight excluding hydrogens is 218 g/mol. The highest BCUT2D eigenvalue weighted by molar-refractivity contribution is 7.99. The summed E-state index contributed by atoms with van der Waals surface area (Å²) >= 11 is 7.76. The molecule has 1 aromatic heterocycles. The maximum Gasteiger partial charge on any atom is 0.0629 e. The molecule has 1 unspecified atom stereocenters. The fraction of sp³-hybridized carbons (Fsp3) is 0.500. The number of hydrogen-bond acceptors (Lipinski definition) is 3. The van der Waals surface area contributed by atoms with Crippen molar-refractivity contribution in [1.82, 2.24) is 4.98 Å². The van der Waals surface area contributed by atoms with Crippen LogP contribution in [0.4, 0.5) is 0 Å². The van der Waals surface area contributed by atoms with Gasteiger partial charge in [0.1, 0.15) is 0 Å². The zero-order valence-electron chi connectivity index (χ0n) is 8.11. The number of aliphatic hydroxyl groups is 1. The van der Waals surface area contributed by atoms with Gasteiger partial charge in [-0.25, -0.2) is 0 Å². The molecule has 1 aromatic rings. The molecule has 4 heteroatoms. The van der Waals surface area contributed by atoms with Gasteiger partial charge >= 0.3 is 0 Å². The largest absolute Gasteiger partial charge is 0.396 e. The molecule has 2 nitrogen and oxygen atoms in total. The quantitative estimate of drug-likeness (QED) is 0.846. The zero-order valence-corrected chi connectivity index (χ0v) is 9.68. The second-order valence-electron chi connectivity index (χ2n) is 3.10. The van der Waals surface area contributed by atoms with Crippen LogP contribution in [0.2, 0.25) is 5.02 Å². The van der Waals surface area contributed by atoms with Gasteiger partial charge in [0, 0.05) is 30.0 Å². The summed E-state index contributed by atoms with van der Waals surface area (Å²) in [5.41, 5.74) is 1.11. The van der Waals surface area contributed by atoms with Gasteiger partial charge in [-0.1, -0.05) is 18.5 Å². The third-order valence-corrected chi connectivity index (χ3v) is 3.54. The predicted octanol–water partition coefficient (Wildman–Crippen LogP) is 2.74. The van der Waals surface area contributed by atoms with E-state index in [0.717, 1.165) is 22.8 Å². The molecule has 1 N–H and O–H groups in total. The lowest BCUT2D eigenvalue weighted by Gasteiger charge is -2.09. The Kier molecular flexibility index (Phi) is 5.30. The third-order valence-electron chi connectivity index (χ3n) is 1.92. The molecule has 1 heterocycles. The topological polar surface area (TPSA) is 33.1 Å². The zero-order chi connectivity index (χ0) is 10.4. The fourth-order valence-corrected chi connectivity index (χ4v) is 2.27. The fourth-order valence-electron chi connectivity index (χ4n) is 1.02. The average molecular weight is 232 g/mol. The SMILES string of the molecule is CC(CCO)SCc1ccncc1Cl. The van der Waals surface area contributed by atoms with Gasteiger partial charge in [0.05, 0.1) is 5.02 Å². The van der Waals surface area contributed by atoms with Crippen molar-refractivity contribution in [2.24, 2.45) is 0 Å². The molecule has 0 aliphatic heterocycles. The Labute approximate surface area is 93.7 Å². The normalized spacial score (nSPS) is 12.8. The van der Waals surface area contributed by atoms with E-state index in [-0.39, 0.29) is 6.61 Å². The molecule has 0 aliphatic carbocycles. The van der Waals surface area contributed by atoms with E-state index < -0.39 is 0 Å². The number of hydrogen-bond donors (Lipinski definition) is 1. The van der Waals surface area contributed by atoms with Gasteiger partial charge in [-0.15, -0.1) is 0 Å². The van der Waals surface area contributed by atoms with Crippen LogP contribution < -0.4 is 0 Å². The third kappa shape index (κ3) is 3.86. The van der Waals surface area contributed by atoms with E-state index in [1.807, 2.05) is 6.07 Å². The van der Waals surface area contributed by atoms with Crippen molar-refractivity contribution >= 4 is 23.4 Å². The Morgan fingerprint density at radius 3 is 3.07 bits per heavy atom. The van der Waals surface area contributed by atoms with E-state index in [2.05, 4.69) is 11.9 Å². The number of pyridine rings is 1. The first-order valence-electron chi connectivity index (χ1n) is 4.55. The molecule has 78 valence electrons. The Morgan fingerprint density at radius 1 is 1.64 bits per heavy atom. The summed E-state index contributed by atoms with van der Waals surface area (Å²) in [6.45, 7) is 2.36. The summed E-state index contributed by atoms with van der Waals surface area (Å²) < 4.78 is 0. The van der Waals surface area contributed by atoms with Gasteiger partial charge in [-0.2, -0.15) is 11.8 Å². The molecule has 0 radical (unpaired) electrons. The Bertz CT molecular complexity index is 283. The summed E-state index contributed by atoms with van der Waals surface area (Å²) in [5, 5.41) is 9.92. The molecular formula is C10H14ClNOS. The number of aromatic nitrogens is 1. The van der Waals surface area contributed by atoms with E-state index in [9.17, 15) is 0 Å². The van der Waals surface area contributed by atoms with Crippen molar-refractivity contribution in [3.05, 3.63) is 29.0 Å². The predicted molar refractivity (Wildman–Crippen MR) is 61.7 cm³/mol. The summed E-state index contributed by atoms with van der Waals surface area (Å²) in [6, 6.07) is 1.93. The van der Waals surface area contributed by atoms with E-state index in [4.69, 9.17) is 16.7 Å². The van der Waals surface area contributed by atoms with Crippen LogP contribution in [0.3, 0.4) is 0 Å². The lowest BCUT2D eigenvalue weighted by atomic mass is 10.3. The van der Waals surface area contributed by atoms with Crippen molar-refractivity contribution in [2.45, 2.75) is 24.3 Å². The Hall–Kier alpha value is -0.250. The molecule has 14 heavy (non-hydrogen) atoms. The molecule has 0 saturated heterocycles. The number of nitrogens with zero attached hydrogens (tertiary/aromatic N) is 1. The standard InChI is InChI=1S/C10H14ClNOS/c1-8(3-5-13)14-7-9-2-4-12-6-10(9)11/h2,4,6,8,13H,3,5,7H2,1H3. The van der Waals surface area contributed by atoms with Crippen LogP contribution in [0.25, 0.3) is 0 Å². The second-order valence-corrected chi connectivity index (χ2v) is 4.93. The lowest BCUT2D eigenvalue weighted by Crippen LogP contribution is -2.00. The van der Waals surface area contributed by atoms with Crippen molar-refractivity contribution in [2.75, 3.05) is 6.61 Å². The summed E-state index contributed by atoms with van der Waals surface area (Å²) in [6.07, 6.45) is 4.24. The van der Waals surface area contributed by atoms with Crippen LogP contribution >= 0.6 is 23.4 Å². The minimum absolute atomic E-state index is 0.248. The van der Waals surface area contributed by atoms with Crippen LogP contribution in [0.5, 0.6) is 0 Å². The average Bonchev–Trinajstić information content (AvgIpc) is 2.17. The Morgan fingerprint density at radius 2 is 2.43 bits per heavy atom. The Balaban J connectivity index is 2.41. The first kappa shape index (κ1) is 11.8. The molecule has 0 fully saturated rings. The number of thioether (sulfide) groups is 1. The van der Waals surface area contributed by atoms with Crippen molar-refractivity contribution in [3.8, 4) is 0 Å². The van der Waals surface area contributed by atoms with Crippen LogP contribution in [-0.2, 0) is 5.75 Å². The van der Waals surface area contributed by atoms with Crippen molar-refractivity contribution in [1.29, 1.82) is 0 Å². The van der Waals surface area contributed by atoms with E-state index in [1.54, 1.807) is 24.2 Å². The summed E-state index contributed by atoms with van der Waals surface area (Å²) in [5.74, 6) is 0.878. The highest BCUT2D eigenvalue weighted by atomic mass is 35.5. The molecule has 0 spiro atoms. The smallest absolute Gasteiger partial charge is 0.0629 e. The first-order valence-corrected chi connectivity index (χ1v) is 5.97. The van der Waals surface area contributed by atoms with Gasteiger partial charge in [-0.3, -0.25) is 4.98 Å². The van der Waals surface area contributed by atoms with Gasteiger partial charge < -0.3 is 5.11 Å². The van der Waals surface area contributed by atoms with E-state index in [1.165, 1.54) is 0 Å². The van der Waals surface area contributed by atoms with Gasteiger partial charge in [-0.05, 0) is 18.1 Å². The lowest BCUT2D eigenvalue weighted by molar-refractivity contribution is 0.289. The van der Waals surface area contributed by atoms with Crippen LogP contribution in [0.1, 0.15) is 18.9 Å². The number of rotatable bonds is 5. The number of halogens is 1. The molecule has 1 rings (SSSR count). The molecule has 0 bridgehead atoms. The van der Waals surface area contributed by atoms with Crippen molar-refractivity contribution in [3.63, 3.8) is 0 Å². The molecule has 0 aromatic carbocycles. The second kappa shape index (κ2) is 6.27. The van der Waals surface area contributed by atoms with Crippen LogP contribution in [-0.4, -0.2) is 21.9 Å². The molecule has 0 saturated carbocycles. The van der Waals surface area contributed by atoms with Crippen LogP contribution in [0, 0.1) is 0 Å². The number of aliphatic hydroxyl groups excluding tert-OH is 1. The minimum atomic E-state index is 0.248. The van der Waals surface area contributed by atoms with Gasteiger partial charge in [0.15, 0.2) is 0 Å². The monoisotopic (exact) mass is 231 g/mol.